The van der Waals surface area contributed by atoms with E-state index in [4.69, 9.17) is 9.47 Å². The molecule has 0 saturated heterocycles. The molecule has 0 atom stereocenters. The van der Waals surface area contributed by atoms with Gasteiger partial charge in [-0.2, -0.15) is 0 Å². The molecule has 4 nitrogen and oxygen atoms in total. The quantitative estimate of drug-likeness (QED) is 0.623. The van der Waals surface area contributed by atoms with Gasteiger partial charge in [-0.3, -0.25) is 0 Å². The summed E-state index contributed by atoms with van der Waals surface area (Å²) in [6, 6.07) is 16.1. The molecule has 0 bridgehead atoms. The lowest BCUT2D eigenvalue weighted by atomic mass is 10.2. The highest BCUT2D eigenvalue weighted by Crippen LogP contribution is 2.18. The van der Waals surface area contributed by atoms with Crippen LogP contribution >= 0.6 is 0 Å². The van der Waals surface area contributed by atoms with Crippen LogP contribution in [0.2, 0.25) is 0 Å². The lowest BCUT2D eigenvalue weighted by molar-refractivity contribution is 0.271. The number of rotatable bonds is 10. The maximum atomic E-state index is 5.68. The minimum Gasteiger partial charge on any atom is -0.494 e. The third-order valence-corrected chi connectivity index (χ3v) is 3.37. The first-order valence-corrected chi connectivity index (χ1v) is 8.61. The zero-order valence-corrected chi connectivity index (χ0v) is 14.8. The summed E-state index contributed by atoms with van der Waals surface area (Å²) < 4.78 is 11.2. The van der Waals surface area contributed by atoms with Crippen LogP contribution in [-0.2, 0) is 0 Å². The van der Waals surface area contributed by atoms with E-state index < -0.39 is 0 Å². The van der Waals surface area contributed by atoms with E-state index in [1.54, 1.807) is 0 Å². The predicted molar refractivity (Wildman–Crippen MR) is 101 cm³/mol. The van der Waals surface area contributed by atoms with Gasteiger partial charge in [0, 0.05) is 30.5 Å². The number of ether oxygens (including phenoxy) is 2. The fourth-order valence-corrected chi connectivity index (χ4v) is 2.21. The van der Waals surface area contributed by atoms with Gasteiger partial charge in [0.05, 0.1) is 13.2 Å². The molecule has 2 rings (SSSR count). The van der Waals surface area contributed by atoms with Crippen molar-refractivity contribution in [3.63, 3.8) is 0 Å². The van der Waals surface area contributed by atoms with E-state index in [2.05, 4.69) is 24.5 Å². The second-order valence-electron chi connectivity index (χ2n) is 6.04. The molecule has 0 heterocycles. The molecule has 2 N–H and O–H groups in total. The Hall–Kier alpha value is -2.36. The Balaban J connectivity index is 1.71. The average Bonchev–Trinajstić information content (AvgIpc) is 2.58. The van der Waals surface area contributed by atoms with Crippen LogP contribution in [0, 0.1) is 5.92 Å². The van der Waals surface area contributed by atoms with E-state index in [-0.39, 0.29) is 0 Å². The van der Waals surface area contributed by atoms with Gasteiger partial charge in [-0.05, 0) is 49.2 Å². The number of nitrogens with one attached hydrogen (secondary N) is 2. The summed E-state index contributed by atoms with van der Waals surface area (Å²) >= 11 is 0. The molecule has 0 fully saturated rings. The van der Waals surface area contributed by atoms with Crippen molar-refractivity contribution < 1.29 is 9.47 Å². The Labute approximate surface area is 145 Å². The van der Waals surface area contributed by atoms with Crippen LogP contribution in [0.5, 0.6) is 11.5 Å². The van der Waals surface area contributed by atoms with E-state index in [1.165, 1.54) is 0 Å². The van der Waals surface area contributed by atoms with Crippen molar-refractivity contribution in [2.45, 2.75) is 20.8 Å². The third kappa shape index (κ3) is 6.41. The Morgan fingerprint density at radius 2 is 1.54 bits per heavy atom. The van der Waals surface area contributed by atoms with Crippen molar-refractivity contribution in [3.05, 3.63) is 48.5 Å². The maximum absolute atomic E-state index is 5.68. The van der Waals surface area contributed by atoms with Gasteiger partial charge < -0.3 is 20.1 Å². The van der Waals surface area contributed by atoms with Gasteiger partial charge in [0.1, 0.15) is 11.5 Å². The molecule has 0 unspecified atom stereocenters. The summed E-state index contributed by atoms with van der Waals surface area (Å²) in [5.74, 6) is 2.35. The molecule has 0 spiro atoms. The van der Waals surface area contributed by atoms with E-state index in [0.717, 1.165) is 42.6 Å². The van der Waals surface area contributed by atoms with Crippen molar-refractivity contribution >= 4 is 11.4 Å². The zero-order valence-electron chi connectivity index (χ0n) is 14.8. The topological polar surface area (TPSA) is 42.5 Å². The van der Waals surface area contributed by atoms with Crippen molar-refractivity contribution in [1.82, 2.24) is 0 Å². The van der Waals surface area contributed by atoms with Gasteiger partial charge in [0.2, 0.25) is 0 Å². The summed E-state index contributed by atoms with van der Waals surface area (Å²) in [6.07, 6.45) is 0. The minimum absolute atomic E-state index is 0.537. The lowest BCUT2D eigenvalue weighted by Crippen LogP contribution is -2.13. The molecule has 130 valence electrons. The molecule has 24 heavy (non-hydrogen) atoms. The van der Waals surface area contributed by atoms with Crippen LogP contribution in [0.3, 0.4) is 0 Å². The van der Waals surface area contributed by atoms with E-state index in [1.807, 2.05) is 55.5 Å². The Morgan fingerprint density at radius 3 is 2.21 bits per heavy atom. The summed E-state index contributed by atoms with van der Waals surface area (Å²) in [4.78, 5) is 0. The predicted octanol–water partition coefficient (Wildman–Crippen LogP) is 4.64. The molecule has 2 aromatic rings. The Morgan fingerprint density at radius 1 is 0.833 bits per heavy atom. The first kappa shape index (κ1) is 18.0. The van der Waals surface area contributed by atoms with Crippen LogP contribution in [0.1, 0.15) is 20.8 Å². The largest absolute Gasteiger partial charge is 0.494 e. The maximum Gasteiger partial charge on any atom is 0.121 e. The number of hydrogen-bond donors (Lipinski definition) is 2. The molecule has 0 aromatic heterocycles. The highest BCUT2D eigenvalue weighted by molar-refractivity contribution is 5.49. The monoisotopic (exact) mass is 328 g/mol. The fourth-order valence-electron chi connectivity index (χ4n) is 2.21. The summed E-state index contributed by atoms with van der Waals surface area (Å²) in [5, 5.41) is 6.79. The summed E-state index contributed by atoms with van der Waals surface area (Å²) in [5.41, 5.74) is 2.16. The van der Waals surface area contributed by atoms with Crippen LogP contribution in [0.15, 0.2) is 48.5 Å². The molecule has 0 radical (unpaired) electrons. The third-order valence-electron chi connectivity index (χ3n) is 3.37. The van der Waals surface area contributed by atoms with Gasteiger partial charge in [0.15, 0.2) is 0 Å². The molecular weight excluding hydrogens is 300 g/mol. The molecule has 0 amide bonds. The molecule has 0 saturated carbocycles. The SMILES string of the molecule is CCOc1cccc(NCCNc2ccc(OCC(C)C)cc2)c1. The van der Waals surface area contributed by atoms with Crippen molar-refractivity contribution in [2.75, 3.05) is 36.9 Å². The molecule has 0 aliphatic carbocycles. The number of benzene rings is 2. The molecule has 4 heteroatoms. The molecular formula is C20H28N2O2. The van der Waals surface area contributed by atoms with Gasteiger partial charge in [0.25, 0.3) is 0 Å². The van der Waals surface area contributed by atoms with Crippen molar-refractivity contribution in [3.8, 4) is 11.5 Å². The molecule has 2 aromatic carbocycles. The summed E-state index contributed by atoms with van der Waals surface area (Å²) in [6.45, 7) is 9.38. The second-order valence-corrected chi connectivity index (χ2v) is 6.04. The van der Waals surface area contributed by atoms with Crippen LogP contribution in [-0.4, -0.2) is 26.3 Å². The lowest BCUT2D eigenvalue weighted by Gasteiger charge is -2.12. The second kappa shape index (κ2) is 9.71. The van der Waals surface area contributed by atoms with Crippen molar-refractivity contribution in [1.29, 1.82) is 0 Å². The van der Waals surface area contributed by atoms with Crippen LogP contribution < -0.4 is 20.1 Å². The van der Waals surface area contributed by atoms with Crippen LogP contribution in [0.4, 0.5) is 11.4 Å². The van der Waals surface area contributed by atoms with Gasteiger partial charge >= 0.3 is 0 Å². The summed E-state index contributed by atoms with van der Waals surface area (Å²) in [7, 11) is 0. The zero-order chi connectivity index (χ0) is 17.2. The highest BCUT2D eigenvalue weighted by atomic mass is 16.5. The first-order chi connectivity index (χ1) is 11.7. The van der Waals surface area contributed by atoms with E-state index in [0.29, 0.717) is 12.5 Å². The minimum atomic E-state index is 0.537. The van der Waals surface area contributed by atoms with E-state index in [9.17, 15) is 0 Å². The highest BCUT2D eigenvalue weighted by Gasteiger charge is 1.99. The number of anilines is 2. The molecule has 0 aliphatic rings. The molecule has 0 aliphatic heterocycles. The normalized spacial score (nSPS) is 10.5. The van der Waals surface area contributed by atoms with Gasteiger partial charge in [-0.25, -0.2) is 0 Å². The Kier molecular flexibility index (Phi) is 7.27. The van der Waals surface area contributed by atoms with Gasteiger partial charge in [-0.1, -0.05) is 19.9 Å². The first-order valence-electron chi connectivity index (χ1n) is 8.61. The Bertz CT molecular complexity index is 597. The average molecular weight is 328 g/mol. The van der Waals surface area contributed by atoms with Crippen molar-refractivity contribution in [2.24, 2.45) is 5.92 Å². The number of hydrogen-bond acceptors (Lipinski definition) is 4. The van der Waals surface area contributed by atoms with E-state index >= 15 is 0 Å². The van der Waals surface area contributed by atoms with Crippen LogP contribution in [0.25, 0.3) is 0 Å². The standard InChI is InChI=1S/C20H28N2O2/c1-4-23-20-7-5-6-18(14-20)22-13-12-21-17-8-10-19(11-9-17)24-15-16(2)3/h5-11,14,16,21-22H,4,12-13,15H2,1-3H3. The van der Waals surface area contributed by atoms with Gasteiger partial charge in [-0.15, -0.1) is 0 Å². The smallest absolute Gasteiger partial charge is 0.121 e. The fraction of sp³-hybridized carbons (Fsp3) is 0.400.